The van der Waals surface area contributed by atoms with E-state index in [0.717, 1.165) is 13.0 Å². The lowest BCUT2D eigenvalue weighted by molar-refractivity contribution is -0.122. The van der Waals surface area contributed by atoms with Gasteiger partial charge in [0.25, 0.3) is 5.91 Å². The van der Waals surface area contributed by atoms with Crippen LogP contribution in [0.5, 0.6) is 0 Å². The quantitative estimate of drug-likeness (QED) is 0.711. The molecule has 0 spiro atoms. The molecule has 1 aromatic rings. The van der Waals surface area contributed by atoms with Gasteiger partial charge in [-0.1, -0.05) is 6.92 Å². The summed E-state index contributed by atoms with van der Waals surface area (Å²) in [6.45, 7) is 5.86. The van der Waals surface area contributed by atoms with Gasteiger partial charge in [0.1, 0.15) is 11.4 Å². The van der Waals surface area contributed by atoms with Crippen molar-refractivity contribution in [3.8, 4) is 0 Å². The number of primary amides is 1. The number of nitrogens with two attached hydrogens (primary N) is 1. The lowest BCUT2D eigenvalue weighted by Gasteiger charge is -2.22. The highest BCUT2D eigenvalue weighted by molar-refractivity contribution is 6.01. The summed E-state index contributed by atoms with van der Waals surface area (Å²) < 4.78 is 0. The van der Waals surface area contributed by atoms with E-state index >= 15 is 0 Å². The maximum absolute atomic E-state index is 12.1. The molecule has 1 rings (SSSR count). The molecule has 6 heteroatoms. The van der Waals surface area contributed by atoms with Crippen molar-refractivity contribution in [1.82, 2.24) is 10.3 Å². The molecule has 0 bridgehead atoms. The summed E-state index contributed by atoms with van der Waals surface area (Å²) in [6, 6.07) is 3.32. The molecule has 104 valence electrons. The van der Waals surface area contributed by atoms with Gasteiger partial charge >= 0.3 is 0 Å². The number of carbonyl (C=O) groups is 2. The lowest BCUT2D eigenvalue weighted by Crippen LogP contribution is -2.53. The summed E-state index contributed by atoms with van der Waals surface area (Å²) in [5, 5.41) is 5.67. The van der Waals surface area contributed by atoms with Crippen LogP contribution in [0, 0.1) is 0 Å². The Morgan fingerprint density at radius 3 is 2.68 bits per heavy atom. The Kier molecular flexibility index (Phi) is 4.86. The van der Waals surface area contributed by atoms with Gasteiger partial charge in [0, 0.05) is 12.7 Å². The van der Waals surface area contributed by atoms with Crippen LogP contribution >= 0.6 is 0 Å². The molecule has 0 aliphatic heterocycles. The Bertz CT molecular complexity index is 471. The molecule has 6 nitrogen and oxygen atoms in total. The van der Waals surface area contributed by atoms with Gasteiger partial charge in [-0.15, -0.1) is 0 Å². The van der Waals surface area contributed by atoms with Crippen molar-refractivity contribution in [3.63, 3.8) is 0 Å². The fourth-order valence-electron chi connectivity index (χ4n) is 1.39. The molecule has 0 aliphatic carbocycles. The predicted molar refractivity (Wildman–Crippen MR) is 73.8 cm³/mol. The highest BCUT2D eigenvalue weighted by Gasteiger charge is 2.28. The van der Waals surface area contributed by atoms with Gasteiger partial charge in [-0.2, -0.15) is 0 Å². The first-order chi connectivity index (χ1) is 8.88. The van der Waals surface area contributed by atoms with Crippen LogP contribution in [0.2, 0.25) is 0 Å². The van der Waals surface area contributed by atoms with E-state index in [2.05, 4.69) is 15.6 Å². The number of nitrogens with zero attached hydrogens (tertiary/aromatic N) is 1. The van der Waals surface area contributed by atoms with Crippen molar-refractivity contribution in [3.05, 3.63) is 23.9 Å². The Hall–Kier alpha value is -2.11. The molecule has 1 aromatic heterocycles. The van der Waals surface area contributed by atoms with Gasteiger partial charge in [-0.3, -0.25) is 9.59 Å². The smallest absolute Gasteiger partial charge is 0.255 e. The summed E-state index contributed by atoms with van der Waals surface area (Å²) in [6.07, 6.45) is 2.53. The second kappa shape index (κ2) is 6.17. The standard InChI is InChI=1S/C13H20N4O2/c1-4-7-15-10-9(6-5-8-16-10)11(18)17-13(2,3)12(14)19/h5-6,8H,4,7H2,1-3H3,(H2,14,19)(H,15,16)(H,17,18). The van der Waals surface area contributed by atoms with Crippen LogP contribution < -0.4 is 16.4 Å². The molecule has 0 saturated carbocycles. The Balaban J connectivity index is 2.90. The summed E-state index contributed by atoms with van der Waals surface area (Å²) in [4.78, 5) is 27.5. The van der Waals surface area contributed by atoms with E-state index in [1.807, 2.05) is 6.92 Å². The second-order valence-electron chi connectivity index (χ2n) is 4.77. The van der Waals surface area contributed by atoms with Gasteiger partial charge in [0.15, 0.2) is 0 Å². The molecule has 1 heterocycles. The van der Waals surface area contributed by atoms with Gasteiger partial charge in [0.2, 0.25) is 5.91 Å². The van der Waals surface area contributed by atoms with Crippen molar-refractivity contribution >= 4 is 17.6 Å². The molecule has 0 aliphatic rings. The molecule has 0 atom stereocenters. The zero-order chi connectivity index (χ0) is 14.5. The van der Waals surface area contributed by atoms with Crippen molar-refractivity contribution in [2.45, 2.75) is 32.7 Å². The minimum Gasteiger partial charge on any atom is -0.369 e. The number of carbonyl (C=O) groups excluding carboxylic acids is 2. The third-order valence-corrected chi connectivity index (χ3v) is 2.64. The van der Waals surface area contributed by atoms with Crippen molar-refractivity contribution in [2.75, 3.05) is 11.9 Å². The first-order valence-corrected chi connectivity index (χ1v) is 6.19. The first-order valence-electron chi connectivity index (χ1n) is 6.19. The van der Waals surface area contributed by atoms with Crippen molar-refractivity contribution in [1.29, 1.82) is 0 Å². The molecule has 19 heavy (non-hydrogen) atoms. The van der Waals surface area contributed by atoms with Gasteiger partial charge in [0.05, 0.1) is 5.56 Å². The zero-order valence-electron chi connectivity index (χ0n) is 11.5. The van der Waals surface area contributed by atoms with Gasteiger partial charge < -0.3 is 16.4 Å². The minimum absolute atomic E-state index is 0.379. The number of aromatic nitrogens is 1. The lowest BCUT2D eigenvalue weighted by atomic mass is 10.0. The topological polar surface area (TPSA) is 97.1 Å². The molecule has 0 unspecified atom stereocenters. The molecule has 0 saturated heterocycles. The van der Waals surface area contributed by atoms with Gasteiger partial charge in [-0.05, 0) is 32.4 Å². The fraction of sp³-hybridized carbons (Fsp3) is 0.462. The molecular formula is C13H20N4O2. The first kappa shape index (κ1) is 14.9. The van der Waals surface area contributed by atoms with Crippen molar-refractivity contribution < 1.29 is 9.59 Å². The Morgan fingerprint density at radius 2 is 2.11 bits per heavy atom. The van der Waals surface area contributed by atoms with E-state index in [1.165, 1.54) is 0 Å². The highest BCUT2D eigenvalue weighted by atomic mass is 16.2. The van der Waals surface area contributed by atoms with Crippen LogP contribution in [0.3, 0.4) is 0 Å². The number of hydrogen-bond donors (Lipinski definition) is 3. The molecule has 0 fully saturated rings. The predicted octanol–water partition coefficient (Wildman–Crippen LogP) is 0.897. The van der Waals surface area contributed by atoms with E-state index in [9.17, 15) is 9.59 Å². The minimum atomic E-state index is -1.10. The Labute approximate surface area is 112 Å². The summed E-state index contributed by atoms with van der Waals surface area (Å²) in [5.41, 5.74) is 4.52. The SMILES string of the molecule is CCCNc1ncccc1C(=O)NC(C)(C)C(N)=O. The summed E-state index contributed by atoms with van der Waals surface area (Å²) in [5.74, 6) is -0.467. The number of anilines is 1. The second-order valence-corrected chi connectivity index (χ2v) is 4.77. The van der Waals surface area contributed by atoms with E-state index in [0.29, 0.717) is 11.4 Å². The average molecular weight is 264 g/mol. The van der Waals surface area contributed by atoms with Crippen molar-refractivity contribution in [2.24, 2.45) is 5.73 Å². The maximum atomic E-state index is 12.1. The van der Waals surface area contributed by atoms with E-state index < -0.39 is 11.4 Å². The molecule has 0 radical (unpaired) electrons. The summed E-state index contributed by atoms with van der Waals surface area (Å²) >= 11 is 0. The number of rotatable bonds is 6. The highest BCUT2D eigenvalue weighted by Crippen LogP contribution is 2.13. The monoisotopic (exact) mass is 264 g/mol. The number of amides is 2. The largest absolute Gasteiger partial charge is 0.369 e. The average Bonchev–Trinajstić information content (AvgIpc) is 2.36. The van der Waals surface area contributed by atoms with Crippen LogP contribution in [0.25, 0.3) is 0 Å². The third kappa shape index (κ3) is 3.94. The van der Waals surface area contributed by atoms with E-state index in [4.69, 9.17) is 5.73 Å². The van der Waals surface area contributed by atoms with Crippen LogP contribution in [0.4, 0.5) is 5.82 Å². The van der Waals surface area contributed by atoms with E-state index in [-0.39, 0.29) is 5.91 Å². The number of pyridine rings is 1. The normalized spacial score (nSPS) is 10.9. The van der Waals surface area contributed by atoms with Crippen LogP contribution in [-0.4, -0.2) is 28.9 Å². The molecule has 2 amide bonds. The maximum Gasteiger partial charge on any atom is 0.255 e. The fourth-order valence-corrected chi connectivity index (χ4v) is 1.39. The Morgan fingerprint density at radius 1 is 1.42 bits per heavy atom. The van der Waals surface area contributed by atoms with Gasteiger partial charge in [-0.25, -0.2) is 4.98 Å². The van der Waals surface area contributed by atoms with E-state index in [1.54, 1.807) is 32.2 Å². The van der Waals surface area contributed by atoms with Crippen LogP contribution in [-0.2, 0) is 4.79 Å². The summed E-state index contributed by atoms with van der Waals surface area (Å²) in [7, 11) is 0. The number of hydrogen-bond acceptors (Lipinski definition) is 4. The molecule has 0 aromatic carbocycles. The van der Waals surface area contributed by atoms with Crippen LogP contribution in [0.1, 0.15) is 37.6 Å². The number of nitrogens with one attached hydrogen (secondary N) is 2. The third-order valence-electron chi connectivity index (χ3n) is 2.64. The molecule has 4 N–H and O–H groups in total. The molecular weight excluding hydrogens is 244 g/mol. The zero-order valence-corrected chi connectivity index (χ0v) is 11.5. The van der Waals surface area contributed by atoms with Crippen LogP contribution in [0.15, 0.2) is 18.3 Å².